The topological polar surface area (TPSA) is 129 Å². The van der Waals surface area contributed by atoms with E-state index in [1.54, 1.807) is 6.07 Å². The molecule has 1 unspecified atom stereocenters. The van der Waals surface area contributed by atoms with Crippen LogP contribution < -0.4 is 5.73 Å². The molecule has 0 spiro atoms. The van der Waals surface area contributed by atoms with Crippen LogP contribution in [0.25, 0.3) is 0 Å². The number of esters is 2. The third-order valence-electron chi connectivity index (χ3n) is 3.75. The molecular formula is C14H14N2O6. The van der Waals surface area contributed by atoms with Crippen molar-refractivity contribution in [2.75, 3.05) is 14.2 Å². The summed E-state index contributed by atoms with van der Waals surface area (Å²) in [6.45, 7) is 0. The first-order valence-electron chi connectivity index (χ1n) is 6.42. The minimum atomic E-state index is -1.91. The first-order chi connectivity index (χ1) is 10.4. The lowest BCUT2D eigenvalue weighted by atomic mass is 9.69. The Morgan fingerprint density at radius 1 is 1.36 bits per heavy atom. The third kappa shape index (κ3) is 2.02. The molecule has 0 saturated heterocycles. The second-order valence-electron chi connectivity index (χ2n) is 4.82. The lowest BCUT2D eigenvalue weighted by Gasteiger charge is -2.34. The molecule has 1 aliphatic carbocycles. The van der Waals surface area contributed by atoms with Gasteiger partial charge in [-0.15, -0.1) is 0 Å². The van der Waals surface area contributed by atoms with Crippen molar-refractivity contribution < 1.29 is 28.6 Å². The minimum absolute atomic E-state index is 0.0458. The Labute approximate surface area is 126 Å². The summed E-state index contributed by atoms with van der Waals surface area (Å²) in [5.41, 5.74) is 3.42. The summed E-state index contributed by atoms with van der Waals surface area (Å²) in [5.74, 6) is -2.21. The van der Waals surface area contributed by atoms with Crippen molar-refractivity contribution in [2.45, 2.75) is 19.3 Å². The second kappa shape index (κ2) is 5.52. The fourth-order valence-corrected chi connectivity index (χ4v) is 2.80. The number of ketones is 1. The van der Waals surface area contributed by atoms with Crippen molar-refractivity contribution in [3.05, 3.63) is 22.8 Å². The van der Waals surface area contributed by atoms with E-state index >= 15 is 0 Å². The fourth-order valence-electron chi connectivity index (χ4n) is 2.80. The van der Waals surface area contributed by atoms with Gasteiger partial charge in [0.05, 0.1) is 26.2 Å². The zero-order valence-electron chi connectivity index (χ0n) is 12.1. The summed E-state index contributed by atoms with van der Waals surface area (Å²) in [5, 5.41) is 9.37. The normalized spacial score (nSPS) is 23.6. The van der Waals surface area contributed by atoms with E-state index in [4.69, 9.17) is 15.2 Å². The minimum Gasteiger partial charge on any atom is -0.469 e. The SMILES string of the molecule is COC(=O)CC1(C(=O)OC)C(C#N)=C(N)OC2=C1C(=O)CC2. The Morgan fingerprint density at radius 2 is 2.05 bits per heavy atom. The van der Waals surface area contributed by atoms with E-state index in [0.717, 1.165) is 14.2 Å². The number of nitrogens with two attached hydrogens (primary N) is 1. The maximum absolute atomic E-state index is 12.4. The number of allylic oxidation sites excluding steroid dienone is 1. The molecule has 0 fully saturated rings. The number of nitrogens with zero attached hydrogens (tertiary/aromatic N) is 1. The predicted molar refractivity (Wildman–Crippen MR) is 70.3 cm³/mol. The smallest absolute Gasteiger partial charge is 0.322 e. The lowest BCUT2D eigenvalue weighted by Crippen LogP contribution is -2.44. The van der Waals surface area contributed by atoms with Gasteiger partial charge in [-0.25, -0.2) is 0 Å². The molecule has 8 heteroatoms. The van der Waals surface area contributed by atoms with Crippen LogP contribution in [0.2, 0.25) is 0 Å². The van der Waals surface area contributed by atoms with Gasteiger partial charge in [0.25, 0.3) is 0 Å². The summed E-state index contributed by atoms with van der Waals surface area (Å²) in [6, 6.07) is 1.76. The quantitative estimate of drug-likeness (QED) is 0.724. The van der Waals surface area contributed by atoms with Crippen LogP contribution in [0.3, 0.4) is 0 Å². The lowest BCUT2D eigenvalue weighted by molar-refractivity contribution is -0.156. The van der Waals surface area contributed by atoms with E-state index in [1.165, 1.54) is 0 Å². The van der Waals surface area contributed by atoms with Gasteiger partial charge in [-0.3, -0.25) is 14.4 Å². The summed E-state index contributed by atoms with van der Waals surface area (Å²) >= 11 is 0. The van der Waals surface area contributed by atoms with Crippen LogP contribution in [-0.2, 0) is 28.6 Å². The van der Waals surface area contributed by atoms with Gasteiger partial charge < -0.3 is 19.9 Å². The van der Waals surface area contributed by atoms with Gasteiger partial charge in [0.2, 0.25) is 5.88 Å². The van der Waals surface area contributed by atoms with Gasteiger partial charge in [-0.1, -0.05) is 0 Å². The van der Waals surface area contributed by atoms with E-state index in [2.05, 4.69) is 4.74 Å². The predicted octanol–water partition coefficient (Wildman–Crippen LogP) is 0.0500. The van der Waals surface area contributed by atoms with Gasteiger partial charge >= 0.3 is 11.9 Å². The number of carbonyl (C=O) groups is 3. The van der Waals surface area contributed by atoms with Crippen LogP contribution in [0.1, 0.15) is 19.3 Å². The fraction of sp³-hybridized carbons (Fsp3) is 0.429. The van der Waals surface area contributed by atoms with E-state index < -0.39 is 23.8 Å². The molecule has 8 nitrogen and oxygen atoms in total. The van der Waals surface area contributed by atoms with E-state index in [0.29, 0.717) is 0 Å². The summed E-state index contributed by atoms with van der Waals surface area (Å²) in [7, 11) is 2.24. The van der Waals surface area contributed by atoms with Crippen LogP contribution in [0, 0.1) is 16.7 Å². The highest BCUT2D eigenvalue weighted by atomic mass is 16.5. The molecule has 0 aromatic heterocycles. The number of methoxy groups -OCH3 is 2. The first-order valence-corrected chi connectivity index (χ1v) is 6.42. The zero-order chi connectivity index (χ0) is 16.5. The Bertz CT molecular complexity index is 669. The summed E-state index contributed by atoms with van der Waals surface area (Å²) in [6.07, 6.45) is -0.211. The number of rotatable bonds is 3. The molecule has 1 aliphatic heterocycles. The molecule has 116 valence electrons. The molecule has 2 rings (SSSR count). The van der Waals surface area contributed by atoms with Crippen LogP contribution in [0.5, 0.6) is 0 Å². The largest absolute Gasteiger partial charge is 0.469 e. The molecule has 0 radical (unpaired) electrons. The average Bonchev–Trinajstić information content (AvgIpc) is 2.87. The number of hydrogen-bond donors (Lipinski definition) is 1. The van der Waals surface area contributed by atoms with Crippen LogP contribution in [0.4, 0.5) is 0 Å². The highest BCUT2D eigenvalue weighted by Crippen LogP contribution is 2.50. The van der Waals surface area contributed by atoms with Crippen LogP contribution >= 0.6 is 0 Å². The first kappa shape index (κ1) is 15.6. The monoisotopic (exact) mass is 306 g/mol. The van der Waals surface area contributed by atoms with Crippen molar-refractivity contribution in [3.8, 4) is 6.07 Å². The summed E-state index contributed by atoms with van der Waals surface area (Å²) < 4.78 is 14.6. The van der Waals surface area contributed by atoms with Crippen molar-refractivity contribution in [1.82, 2.24) is 0 Å². The van der Waals surface area contributed by atoms with Crippen LogP contribution in [-0.4, -0.2) is 31.9 Å². The molecule has 1 heterocycles. The molecule has 0 aromatic rings. The van der Waals surface area contributed by atoms with E-state index in [1.807, 2.05) is 0 Å². The molecule has 0 saturated carbocycles. The van der Waals surface area contributed by atoms with Gasteiger partial charge in [-0.05, 0) is 0 Å². The Morgan fingerprint density at radius 3 is 2.59 bits per heavy atom. The second-order valence-corrected chi connectivity index (χ2v) is 4.82. The van der Waals surface area contributed by atoms with Crippen LogP contribution in [0.15, 0.2) is 22.8 Å². The van der Waals surface area contributed by atoms with E-state index in [9.17, 15) is 19.6 Å². The molecule has 0 amide bonds. The standard InChI is InChI=1S/C14H14N2O6/c1-20-10(18)5-14(13(19)21-2)7(6-15)12(16)22-9-4-3-8(17)11(9)14/h3-5,16H2,1-2H3. The maximum Gasteiger partial charge on any atom is 0.322 e. The van der Waals surface area contributed by atoms with Crippen molar-refractivity contribution in [2.24, 2.45) is 11.1 Å². The van der Waals surface area contributed by atoms with Crippen molar-refractivity contribution in [3.63, 3.8) is 0 Å². The van der Waals surface area contributed by atoms with Gasteiger partial charge in [0.15, 0.2) is 5.78 Å². The van der Waals surface area contributed by atoms with Gasteiger partial charge in [-0.2, -0.15) is 5.26 Å². The van der Waals surface area contributed by atoms with Crippen molar-refractivity contribution in [1.29, 1.82) is 5.26 Å². The Kier molecular flexibility index (Phi) is 3.91. The number of ether oxygens (including phenoxy) is 3. The molecular weight excluding hydrogens is 292 g/mol. The zero-order valence-corrected chi connectivity index (χ0v) is 12.1. The molecule has 2 aliphatic rings. The Balaban J connectivity index is 2.75. The molecule has 1 atom stereocenters. The Hall–Kier alpha value is -2.82. The maximum atomic E-state index is 12.4. The molecule has 22 heavy (non-hydrogen) atoms. The molecule has 0 aromatic carbocycles. The van der Waals surface area contributed by atoms with Gasteiger partial charge in [0, 0.05) is 12.8 Å². The molecule has 0 bridgehead atoms. The average molecular weight is 306 g/mol. The number of Topliss-reactive ketones (excluding diaryl/α,β-unsaturated/α-hetero) is 1. The summed E-state index contributed by atoms with van der Waals surface area (Å²) in [4.78, 5) is 36.4. The number of nitriles is 1. The van der Waals surface area contributed by atoms with Gasteiger partial charge in [0.1, 0.15) is 22.8 Å². The molecule has 2 N–H and O–H groups in total. The number of hydrogen-bond acceptors (Lipinski definition) is 8. The van der Waals surface area contributed by atoms with E-state index in [-0.39, 0.29) is 41.4 Å². The highest BCUT2D eigenvalue weighted by Gasteiger charge is 2.58. The number of carbonyl (C=O) groups excluding carboxylic acids is 3. The third-order valence-corrected chi connectivity index (χ3v) is 3.75. The highest BCUT2D eigenvalue weighted by molar-refractivity contribution is 6.08. The van der Waals surface area contributed by atoms with Crippen molar-refractivity contribution >= 4 is 17.7 Å².